The number of nitrogens with two attached hydrogens (primary N) is 1. The number of benzene rings is 1. The number of anilines is 2. The molecule has 0 radical (unpaired) electrons. The minimum absolute atomic E-state index is 0.388. The zero-order valence-corrected chi connectivity index (χ0v) is 11.6. The summed E-state index contributed by atoms with van der Waals surface area (Å²) < 4.78 is 0. The summed E-state index contributed by atoms with van der Waals surface area (Å²) in [6.45, 7) is 1.10. The van der Waals surface area contributed by atoms with Crippen molar-refractivity contribution in [2.24, 2.45) is 5.92 Å². The van der Waals surface area contributed by atoms with Crippen LogP contribution in [0.5, 0.6) is 0 Å². The smallest absolute Gasteiger partial charge is 0.222 e. The van der Waals surface area contributed by atoms with Crippen LogP contribution >= 0.6 is 0 Å². The van der Waals surface area contributed by atoms with Crippen LogP contribution in [0.25, 0.3) is 10.9 Å². The molecule has 1 aliphatic carbocycles. The van der Waals surface area contributed by atoms with E-state index in [0.717, 1.165) is 29.2 Å². The van der Waals surface area contributed by atoms with Gasteiger partial charge in [-0.25, -0.2) is 4.98 Å². The lowest BCUT2D eigenvalue weighted by Crippen LogP contribution is -2.43. The van der Waals surface area contributed by atoms with Crippen molar-refractivity contribution in [2.75, 3.05) is 17.2 Å². The normalized spacial score (nSPS) is 25.9. The third-order valence-corrected chi connectivity index (χ3v) is 4.87. The number of piperidine rings is 1. The van der Waals surface area contributed by atoms with Crippen LogP contribution in [-0.4, -0.2) is 22.6 Å². The Balaban J connectivity index is 1.84. The molecule has 2 heterocycles. The second-order valence-electron chi connectivity index (χ2n) is 6.02. The molecule has 1 aromatic carbocycles. The highest BCUT2D eigenvalue weighted by Crippen LogP contribution is 2.40. The van der Waals surface area contributed by atoms with Crippen LogP contribution in [-0.2, 0) is 0 Å². The van der Waals surface area contributed by atoms with Gasteiger partial charge in [0, 0.05) is 18.0 Å². The molecule has 0 spiro atoms. The fraction of sp³-hybridized carbons (Fsp3) is 0.500. The lowest BCUT2D eigenvalue weighted by atomic mass is 9.92. The van der Waals surface area contributed by atoms with Gasteiger partial charge in [0.2, 0.25) is 5.95 Å². The maximum Gasteiger partial charge on any atom is 0.222 e. The zero-order valence-electron chi connectivity index (χ0n) is 11.6. The van der Waals surface area contributed by atoms with Crippen molar-refractivity contribution in [3.63, 3.8) is 0 Å². The molecular weight excluding hydrogens is 248 g/mol. The first-order chi connectivity index (χ1) is 9.83. The Kier molecular flexibility index (Phi) is 2.76. The lowest BCUT2D eigenvalue weighted by Gasteiger charge is -2.39. The molecule has 2 atom stereocenters. The van der Waals surface area contributed by atoms with E-state index in [9.17, 15) is 0 Å². The van der Waals surface area contributed by atoms with Crippen molar-refractivity contribution in [3.05, 3.63) is 24.3 Å². The van der Waals surface area contributed by atoms with Crippen LogP contribution < -0.4 is 10.6 Å². The average molecular weight is 268 g/mol. The van der Waals surface area contributed by atoms with E-state index in [-0.39, 0.29) is 0 Å². The zero-order chi connectivity index (χ0) is 13.5. The van der Waals surface area contributed by atoms with Gasteiger partial charge in [-0.1, -0.05) is 18.6 Å². The van der Waals surface area contributed by atoms with Crippen LogP contribution in [0.4, 0.5) is 11.8 Å². The molecule has 2 aromatic rings. The molecule has 4 rings (SSSR count). The summed E-state index contributed by atoms with van der Waals surface area (Å²) in [5, 5.41) is 1.13. The molecule has 2 unspecified atom stereocenters. The molecule has 4 nitrogen and oxygen atoms in total. The third-order valence-electron chi connectivity index (χ3n) is 4.87. The summed E-state index contributed by atoms with van der Waals surface area (Å²) in [7, 11) is 0. The monoisotopic (exact) mass is 268 g/mol. The molecule has 1 saturated carbocycles. The molecule has 1 aromatic heterocycles. The van der Waals surface area contributed by atoms with Gasteiger partial charge < -0.3 is 10.6 Å². The highest BCUT2D eigenvalue weighted by Gasteiger charge is 2.36. The predicted molar refractivity (Wildman–Crippen MR) is 81.7 cm³/mol. The van der Waals surface area contributed by atoms with Crippen molar-refractivity contribution in [1.29, 1.82) is 0 Å². The van der Waals surface area contributed by atoms with E-state index >= 15 is 0 Å². The second-order valence-corrected chi connectivity index (χ2v) is 6.02. The van der Waals surface area contributed by atoms with Gasteiger partial charge in [-0.3, -0.25) is 0 Å². The van der Waals surface area contributed by atoms with Gasteiger partial charge in [0.1, 0.15) is 5.82 Å². The highest BCUT2D eigenvalue weighted by molar-refractivity contribution is 5.90. The van der Waals surface area contributed by atoms with E-state index in [2.05, 4.69) is 27.0 Å². The Labute approximate surface area is 119 Å². The number of hydrogen-bond acceptors (Lipinski definition) is 4. The van der Waals surface area contributed by atoms with E-state index in [0.29, 0.717) is 12.0 Å². The second kappa shape index (κ2) is 4.62. The Bertz CT molecular complexity index is 639. The van der Waals surface area contributed by atoms with E-state index in [1.54, 1.807) is 0 Å². The van der Waals surface area contributed by atoms with E-state index < -0.39 is 0 Å². The Morgan fingerprint density at radius 3 is 2.85 bits per heavy atom. The van der Waals surface area contributed by atoms with Crippen LogP contribution in [0, 0.1) is 5.92 Å². The third kappa shape index (κ3) is 1.82. The highest BCUT2D eigenvalue weighted by atomic mass is 15.2. The maximum absolute atomic E-state index is 5.92. The molecule has 20 heavy (non-hydrogen) atoms. The Morgan fingerprint density at radius 1 is 1.05 bits per heavy atom. The first-order valence-electron chi connectivity index (χ1n) is 7.62. The number of fused-ring (bicyclic) bond motifs is 2. The number of para-hydroxylation sites is 1. The van der Waals surface area contributed by atoms with Crippen LogP contribution in [0.1, 0.15) is 32.1 Å². The van der Waals surface area contributed by atoms with Gasteiger partial charge in [-0.15, -0.1) is 0 Å². The average Bonchev–Trinajstić information content (AvgIpc) is 2.94. The predicted octanol–water partition coefficient (Wildman–Crippen LogP) is 2.98. The first-order valence-corrected chi connectivity index (χ1v) is 7.62. The van der Waals surface area contributed by atoms with Crippen LogP contribution in [0.2, 0.25) is 0 Å². The molecular formula is C16H20N4. The van der Waals surface area contributed by atoms with E-state index in [1.165, 1.54) is 32.1 Å². The summed E-state index contributed by atoms with van der Waals surface area (Å²) in [4.78, 5) is 11.4. The molecule has 1 aliphatic heterocycles. The van der Waals surface area contributed by atoms with Gasteiger partial charge in [0.25, 0.3) is 0 Å². The van der Waals surface area contributed by atoms with E-state index in [1.807, 2.05) is 12.1 Å². The van der Waals surface area contributed by atoms with Crippen molar-refractivity contribution in [3.8, 4) is 0 Å². The van der Waals surface area contributed by atoms with Crippen LogP contribution in [0.15, 0.2) is 24.3 Å². The molecule has 2 fully saturated rings. The molecule has 4 heteroatoms. The largest absolute Gasteiger partial charge is 0.368 e. The van der Waals surface area contributed by atoms with Crippen molar-refractivity contribution in [1.82, 2.24) is 9.97 Å². The van der Waals surface area contributed by atoms with Crippen molar-refractivity contribution >= 4 is 22.7 Å². The van der Waals surface area contributed by atoms with Crippen molar-refractivity contribution < 1.29 is 0 Å². The number of hydrogen-bond donors (Lipinski definition) is 1. The SMILES string of the molecule is Nc1nc(N2CCCC3CCCC32)c2ccccc2n1. The fourth-order valence-electron chi connectivity index (χ4n) is 4.01. The molecule has 2 aliphatic rings. The number of aromatic nitrogens is 2. The number of nitrogen functional groups attached to an aromatic ring is 1. The van der Waals surface area contributed by atoms with Gasteiger partial charge >= 0.3 is 0 Å². The number of nitrogens with zero attached hydrogens (tertiary/aromatic N) is 3. The molecule has 0 amide bonds. The standard InChI is InChI=1S/C16H20N4/c17-16-18-13-8-2-1-7-12(13)15(19-16)20-10-4-6-11-5-3-9-14(11)20/h1-2,7-8,11,14H,3-6,9-10H2,(H2,17,18,19). The summed E-state index contributed by atoms with van der Waals surface area (Å²) in [5.41, 5.74) is 6.87. The lowest BCUT2D eigenvalue weighted by molar-refractivity contribution is 0.361. The van der Waals surface area contributed by atoms with Gasteiger partial charge in [-0.2, -0.15) is 4.98 Å². The molecule has 1 saturated heterocycles. The molecule has 2 N–H and O–H groups in total. The topological polar surface area (TPSA) is 55.0 Å². The summed E-state index contributed by atoms with van der Waals surface area (Å²) in [6, 6.07) is 8.85. The van der Waals surface area contributed by atoms with Gasteiger partial charge in [0.15, 0.2) is 0 Å². The first kappa shape index (κ1) is 11.9. The summed E-state index contributed by atoms with van der Waals surface area (Å²) >= 11 is 0. The summed E-state index contributed by atoms with van der Waals surface area (Å²) in [5.74, 6) is 2.28. The quantitative estimate of drug-likeness (QED) is 0.864. The minimum Gasteiger partial charge on any atom is -0.368 e. The van der Waals surface area contributed by atoms with E-state index in [4.69, 9.17) is 5.73 Å². The van der Waals surface area contributed by atoms with Crippen molar-refractivity contribution in [2.45, 2.75) is 38.1 Å². The molecule has 0 bridgehead atoms. The minimum atomic E-state index is 0.388. The Morgan fingerprint density at radius 2 is 1.90 bits per heavy atom. The van der Waals surface area contributed by atoms with Crippen LogP contribution in [0.3, 0.4) is 0 Å². The maximum atomic E-state index is 5.92. The molecule has 104 valence electrons. The summed E-state index contributed by atoms with van der Waals surface area (Å²) in [6.07, 6.45) is 6.66. The van der Waals surface area contributed by atoms with Gasteiger partial charge in [0.05, 0.1) is 5.52 Å². The number of rotatable bonds is 1. The Hall–Kier alpha value is -1.84. The fourth-order valence-corrected chi connectivity index (χ4v) is 4.01. The van der Waals surface area contributed by atoms with Gasteiger partial charge in [-0.05, 0) is 43.7 Å².